The Bertz CT molecular complexity index is 336. The lowest BCUT2D eigenvalue weighted by atomic mass is 10.3. The fourth-order valence-electron chi connectivity index (χ4n) is 0.468. The first kappa shape index (κ1) is 7.03. The van der Waals surface area contributed by atoms with Crippen LogP contribution in [0.3, 0.4) is 0 Å². The summed E-state index contributed by atoms with van der Waals surface area (Å²) < 4.78 is 4.89. The molecule has 0 bridgehead atoms. The summed E-state index contributed by atoms with van der Waals surface area (Å²) in [4.78, 5) is 10.5. The molecule has 1 aromatic rings. The van der Waals surface area contributed by atoms with Gasteiger partial charge in [0.05, 0.1) is 0 Å². The van der Waals surface area contributed by atoms with E-state index in [4.69, 9.17) is 5.26 Å². The fraction of sp³-hybridized carbons (Fsp3) is 0. The molecule has 0 spiro atoms. The van der Waals surface area contributed by atoms with Crippen molar-refractivity contribution < 1.29 is 4.42 Å². The summed E-state index contributed by atoms with van der Waals surface area (Å²) in [6.07, 6.45) is 1.12. The number of hydrogen-bond donors (Lipinski definition) is 0. The lowest BCUT2D eigenvalue weighted by molar-refractivity contribution is 0.508. The van der Waals surface area contributed by atoms with E-state index >= 15 is 0 Å². The van der Waals surface area contributed by atoms with Crippen LogP contribution >= 0.6 is 15.9 Å². The molecule has 1 rings (SSSR count). The average Bonchev–Trinajstić information content (AvgIpc) is 1.88. The molecule has 50 valence electrons. The van der Waals surface area contributed by atoms with E-state index in [-0.39, 0.29) is 0 Å². The van der Waals surface area contributed by atoms with Crippen molar-refractivity contribution in [2.75, 3.05) is 0 Å². The average molecular weight is 200 g/mol. The molecule has 0 aliphatic rings. The number of rotatable bonds is 0. The minimum Gasteiger partial charge on any atom is -0.430 e. The molecular weight excluding hydrogens is 198 g/mol. The van der Waals surface area contributed by atoms with Crippen molar-refractivity contribution in [1.82, 2.24) is 0 Å². The van der Waals surface area contributed by atoms with Crippen LogP contribution in [0.25, 0.3) is 0 Å². The van der Waals surface area contributed by atoms with Gasteiger partial charge in [-0.15, -0.1) is 0 Å². The molecule has 0 saturated heterocycles. The molecule has 0 saturated carbocycles. The molecule has 0 N–H and O–H groups in total. The van der Waals surface area contributed by atoms with E-state index in [9.17, 15) is 4.79 Å². The zero-order valence-electron chi connectivity index (χ0n) is 4.80. The highest BCUT2D eigenvalue weighted by molar-refractivity contribution is 9.10. The first-order valence-electron chi connectivity index (χ1n) is 2.42. The number of nitriles is 1. The van der Waals surface area contributed by atoms with Gasteiger partial charge >= 0.3 is 5.63 Å². The predicted molar refractivity (Wildman–Crippen MR) is 37.4 cm³/mol. The Morgan fingerprint density at radius 2 is 2.40 bits per heavy atom. The summed E-state index contributed by atoms with van der Waals surface area (Å²) in [7, 11) is 0. The zero-order chi connectivity index (χ0) is 7.56. The van der Waals surface area contributed by atoms with Gasteiger partial charge in [0, 0.05) is 10.5 Å². The van der Waals surface area contributed by atoms with Crippen LogP contribution in [0.2, 0.25) is 0 Å². The van der Waals surface area contributed by atoms with Crippen molar-refractivity contribution in [1.29, 1.82) is 5.26 Å². The van der Waals surface area contributed by atoms with Gasteiger partial charge in [-0.1, -0.05) is 0 Å². The van der Waals surface area contributed by atoms with Crippen molar-refractivity contribution in [3.63, 3.8) is 0 Å². The second kappa shape index (κ2) is 2.67. The van der Waals surface area contributed by atoms with Crippen LogP contribution < -0.4 is 5.63 Å². The van der Waals surface area contributed by atoms with Gasteiger partial charge in [-0.25, -0.2) is 4.79 Å². The van der Waals surface area contributed by atoms with Gasteiger partial charge in [0.15, 0.2) is 0 Å². The maximum atomic E-state index is 10.5. The largest absolute Gasteiger partial charge is 0.430 e. The van der Waals surface area contributed by atoms with E-state index in [1.54, 1.807) is 0 Å². The van der Waals surface area contributed by atoms with E-state index in [0.29, 0.717) is 10.0 Å². The van der Waals surface area contributed by atoms with Crippen molar-refractivity contribution in [2.45, 2.75) is 0 Å². The maximum Gasteiger partial charge on any atom is 0.336 e. The molecule has 0 unspecified atom stereocenters. The summed E-state index contributed by atoms with van der Waals surface area (Å²) in [5.74, 6) is 0. The highest BCUT2D eigenvalue weighted by Crippen LogP contribution is 2.11. The van der Waals surface area contributed by atoms with Crippen molar-refractivity contribution in [3.8, 4) is 6.07 Å². The Kier molecular flexibility index (Phi) is 1.88. The molecule has 0 fully saturated rings. The van der Waals surface area contributed by atoms with Crippen molar-refractivity contribution in [3.05, 3.63) is 32.8 Å². The molecule has 1 aromatic heterocycles. The van der Waals surface area contributed by atoms with E-state index in [1.165, 1.54) is 6.07 Å². The Morgan fingerprint density at radius 3 is 2.90 bits per heavy atom. The van der Waals surface area contributed by atoms with Crippen LogP contribution in [0.4, 0.5) is 0 Å². The lowest BCUT2D eigenvalue weighted by Crippen LogP contribution is -1.95. The molecule has 0 radical (unpaired) electrons. The lowest BCUT2D eigenvalue weighted by Gasteiger charge is -1.87. The number of halogens is 1. The predicted octanol–water partition coefficient (Wildman–Crippen LogP) is 1.27. The smallest absolute Gasteiger partial charge is 0.336 e. The molecule has 0 atom stereocenters. The molecule has 3 nitrogen and oxygen atoms in total. The SMILES string of the molecule is N#Cc1coc(=O)cc1Br. The van der Waals surface area contributed by atoms with Gasteiger partial charge in [-0.2, -0.15) is 5.26 Å². The van der Waals surface area contributed by atoms with Crippen LogP contribution in [0.5, 0.6) is 0 Å². The molecule has 0 aliphatic carbocycles. The van der Waals surface area contributed by atoms with E-state index < -0.39 is 5.63 Å². The normalized spacial score (nSPS) is 8.80. The van der Waals surface area contributed by atoms with E-state index in [0.717, 1.165) is 6.26 Å². The van der Waals surface area contributed by atoms with Gasteiger partial charge in [0.1, 0.15) is 17.9 Å². The van der Waals surface area contributed by atoms with Crippen LogP contribution in [0, 0.1) is 11.3 Å². The standard InChI is InChI=1S/C6H2BrNO2/c7-5-1-6(9)10-3-4(5)2-8/h1,3H. The quantitative estimate of drug-likeness (QED) is 0.633. The van der Waals surface area contributed by atoms with Gasteiger partial charge in [0.2, 0.25) is 0 Å². The third-order valence-corrected chi connectivity index (χ3v) is 1.57. The topological polar surface area (TPSA) is 54.0 Å². The van der Waals surface area contributed by atoms with Crippen molar-refractivity contribution >= 4 is 15.9 Å². The summed E-state index contributed by atoms with van der Waals surface area (Å²) in [6, 6.07) is 3.05. The molecule has 10 heavy (non-hydrogen) atoms. The van der Waals surface area contributed by atoms with Gasteiger partial charge in [-0.3, -0.25) is 0 Å². The van der Waals surface area contributed by atoms with Gasteiger partial charge in [-0.05, 0) is 15.9 Å². The third-order valence-electron chi connectivity index (χ3n) is 0.915. The molecule has 0 aliphatic heterocycles. The first-order valence-corrected chi connectivity index (χ1v) is 3.22. The van der Waals surface area contributed by atoms with Gasteiger partial charge in [0.25, 0.3) is 0 Å². The summed E-state index contributed by atoms with van der Waals surface area (Å²) in [5.41, 5.74) is -0.148. The van der Waals surface area contributed by atoms with Crippen LogP contribution in [0.15, 0.2) is 26.0 Å². The summed E-state index contributed by atoms with van der Waals surface area (Å²) >= 11 is 3.02. The molecule has 1 heterocycles. The summed E-state index contributed by atoms with van der Waals surface area (Å²) in [5, 5.41) is 8.37. The minimum atomic E-state index is -0.467. The highest BCUT2D eigenvalue weighted by atomic mass is 79.9. The molecular formula is C6H2BrNO2. The first-order chi connectivity index (χ1) is 4.74. The van der Waals surface area contributed by atoms with Crippen molar-refractivity contribution in [2.24, 2.45) is 0 Å². The van der Waals surface area contributed by atoms with E-state index in [1.807, 2.05) is 6.07 Å². The highest BCUT2D eigenvalue weighted by Gasteiger charge is 1.98. The Balaban J connectivity index is 3.37. The monoisotopic (exact) mass is 199 g/mol. The summed E-state index contributed by atoms with van der Waals surface area (Å²) in [6.45, 7) is 0. The zero-order valence-corrected chi connectivity index (χ0v) is 6.38. The van der Waals surface area contributed by atoms with E-state index in [2.05, 4.69) is 20.3 Å². The minimum absolute atomic E-state index is 0.319. The Labute approximate surface area is 65.0 Å². The number of hydrogen-bond acceptors (Lipinski definition) is 3. The van der Waals surface area contributed by atoms with Crippen LogP contribution in [0.1, 0.15) is 5.56 Å². The second-order valence-corrected chi connectivity index (χ2v) is 2.43. The fourth-order valence-corrected chi connectivity index (χ4v) is 0.837. The van der Waals surface area contributed by atoms with Crippen LogP contribution in [-0.4, -0.2) is 0 Å². The Hall–Kier alpha value is -1.08. The maximum absolute atomic E-state index is 10.5. The van der Waals surface area contributed by atoms with Gasteiger partial charge < -0.3 is 4.42 Å². The third kappa shape index (κ3) is 1.25. The number of nitrogens with zero attached hydrogens (tertiary/aromatic N) is 1. The van der Waals surface area contributed by atoms with Crippen LogP contribution in [-0.2, 0) is 0 Å². The second-order valence-electron chi connectivity index (χ2n) is 1.57. The molecule has 0 aromatic carbocycles. The molecule has 0 amide bonds. The molecule has 4 heteroatoms. The Morgan fingerprint density at radius 1 is 1.70 bits per heavy atom.